The summed E-state index contributed by atoms with van der Waals surface area (Å²) in [6.07, 6.45) is 0. The predicted octanol–water partition coefficient (Wildman–Crippen LogP) is 3.76. The van der Waals surface area contributed by atoms with Crippen molar-refractivity contribution < 1.29 is 4.79 Å². The lowest BCUT2D eigenvalue weighted by atomic mass is 10.1. The van der Waals surface area contributed by atoms with E-state index in [2.05, 4.69) is 51.6 Å². The molecule has 4 aromatic rings. The van der Waals surface area contributed by atoms with E-state index in [1.54, 1.807) is 0 Å². The van der Waals surface area contributed by atoms with Crippen LogP contribution in [0.15, 0.2) is 42.5 Å². The number of hydrogen-bond donors (Lipinski definition) is 1. The number of aromatic nitrogens is 4. The molecule has 0 atom stereocenters. The standard InChI is InChI=1S/C23H24ClN7O/c1-3-25-23(32)30-12-10-29(11-13-30)22-26-19-14-17(24)8-9-18(19)21-28-27-20(31(21)22)16-6-4-15(2)5-7-16/h4-9,14H,3,10-13H2,1-2H3,(H,25,32). The molecule has 1 fully saturated rings. The molecule has 1 N–H and O–H groups in total. The Hall–Kier alpha value is -3.39. The van der Waals surface area contributed by atoms with E-state index in [-0.39, 0.29) is 6.03 Å². The average Bonchev–Trinajstić information content (AvgIpc) is 3.24. The molecule has 0 spiro atoms. The van der Waals surface area contributed by atoms with Crippen LogP contribution in [0.25, 0.3) is 27.9 Å². The predicted molar refractivity (Wildman–Crippen MR) is 126 cm³/mol. The maximum Gasteiger partial charge on any atom is 0.317 e. The number of nitrogens with one attached hydrogen (secondary N) is 1. The van der Waals surface area contributed by atoms with Crippen LogP contribution >= 0.6 is 11.6 Å². The van der Waals surface area contributed by atoms with Gasteiger partial charge in [0.05, 0.1) is 5.52 Å². The van der Waals surface area contributed by atoms with Crippen molar-refractivity contribution in [3.05, 3.63) is 53.1 Å². The lowest BCUT2D eigenvalue weighted by Crippen LogP contribution is -2.52. The van der Waals surface area contributed by atoms with Gasteiger partial charge in [0.25, 0.3) is 0 Å². The molecule has 1 aliphatic rings. The van der Waals surface area contributed by atoms with Gasteiger partial charge in [-0.3, -0.25) is 0 Å². The fourth-order valence-corrected chi connectivity index (χ4v) is 4.23. The van der Waals surface area contributed by atoms with Crippen molar-refractivity contribution in [3.8, 4) is 11.4 Å². The van der Waals surface area contributed by atoms with Crippen LogP contribution in [-0.4, -0.2) is 63.2 Å². The molecule has 8 nitrogen and oxygen atoms in total. The van der Waals surface area contributed by atoms with E-state index < -0.39 is 0 Å². The Balaban J connectivity index is 1.62. The molecule has 3 heterocycles. The van der Waals surface area contributed by atoms with E-state index in [0.29, 0.717) is 37.7 Å². The number of aryl methyl sites for hydroxylation is 1. The Morgan fingerprint density at radius 2 is 1.81 bits per heavy atom. The van der Waals surface area contributed by atoms with Crippen LogP contribution < -0.4 is 10.2 Å². The highest BCUT2D eigenvalue weighted by Gasteiger charge is 2.25. The van der Waals surface area contributed by atoms with Crippen molar-refractivity contribution in [2.75, 3.05) is 37.6 Å². The monoisotopic (exact) mass is 449 g/mol. The van der Waals surface area contributed by atoms with Gasteiger partial charge in [0.1, 0.15) is 0 Å². The van der Waals surface area contributed by atoms with Gasteiger partial charge in [0, 0.05) is 48.7 Å². The molecule has 0 aliphatic carbocycles. The third-order valence-corrected chi connectivity index (χ3v) is 6.01. The smallest absolute Gasteiger partial charge is 0.317 e. The van der Waals surface area contributed by atoms with Gasteiger partial charge in [0.2, 0.25) is 5.95 Å². The van der Waals surface area contributed by atoms with Crippen LogP contribution in [0, 0.1) is 6.92 Å². The van der Waals surface area contributed by atoms with Gasteiger partial charge in [-0.05, 0) is 32.0 Å². The average molecular weight is 450 g/mol. The molecule has 2 aromatic carbocycles. The van der Waals surface area contributed by atoms with Crippen LogP contribution in [0.4, 0.5) is 10.7 Å². The number of benzene rings is 2. The van der Waals surface area contributed by atoms with Crippen molar-refractivity contribution in [1.82, 2.24) is 29.8 Å². The number of rotatable bonds is 3. The molecule has 5 rings (SSSR count). The number of amides is 2. The number of anilines is 1. The lowest BCUT2D eigenvalue weighted by molar-refractivity contribution is 0.194. The van der Waals surface area contributed by atoms with Gasteiger partial charge >= 0.3 is 6.03 Å². The summed E-state index contributed by atoms with van der Waals surface area (Å²) in [4.78, 5) is 21.2. The van der Waals surface area contributed by atoms with Crippen molar-refractivity contribution in [3.63, 3.8) is 0 Å². The highest BCUT2D eigenvalue weighted by atomic mass is 35.5. The van der Waals surface area contributed by atoms with Crippen molar-refractivity contribution in [2.24, 2.45) is 0 Å². The van der Waals surface area contributed by atoms with Gasteiger partial charge < -0.3 is 15.1 Å². The Morgan fingerprint density at radius 1 is 1.06 bits per heavy atom. The molecule has 164 valence electrons. The number of halogens is 1. The van der Waals surface area contributed by atoms with Crippen LogP contribution in [0.5, 0.6) is 0 Å². The first-order chi connectivity index (χ1) is 15.5. The summed E-state index contributed by atoms with van der Waals surface area (Å²) in [5.74, 6) is 1.50. The zero-order valence-corrected chi connectivity index (χ0v) is 18.8. The number of carbonyl (C=O) groups excluding carboxylic acids is 1. The largest absolute Gasteiger partial charge is 0.338 e. The topological polar surface area (TPSA) is 78.7 Å². The first kappa shape index (κ1) is 20.5. The van der Waals surface area contributed by atoms with E-state index in [9.17, 15) is 4.79 Å². The number of urea groups is 1. The fourth-order valence-electron chi connectivity index (χ4n) is 4.07. The van der Waals surface area contributed by atoms with E-state index in [0.717, 1.165) is 33.9 Å². The molecule has 2 amide bonds. The van der Waals surface area contributed by atoms with E-state index in [4.69, 9.17) is 16.6 Å². The van der Waals surface area contributed by atoms with Gasteiger partial charge in [-0.2, -0.15) is 0 Å². The van der Waals surface area contributed by atoms with Crippen LogP contribution in [0.3, 0.4) is 0 Å². The van der Waals surface area contributed by atoms with Crippen LogP contribution in [0.2, 0.25) is 5.02 Å². The highest BCUT2D eigenvalue weighted by molar-refractivity contribution is 6.31. The Kier molecular flexibility index (Phi) is 5.30. The summed E-state index contributed by atoms with van der Waals surface area (Å²) in [6, 6.07) is 13.8. The summed E-state index contributed by atoms with van der Waals surface area (Å²) in [7, 11) is 0. The van der Waals surface area contributed by atoms with Gasteiger partial charge in [0.15, 0.2) is 11.5 Å². The number of fused-ring (bicyclic) bond motifs is 3. The second kappa shape index (κ2) is 8.27. The fraction of sp³-hybridized carbons (Fsp3) is 0.304. The Morgan fingerprint density at radius 3 is 2.53 bits per heavy atom. The number of hydrogen-bond acceptors (Lipinski definition) is 5. The normalized spacial score (nSPS) is 14.3. The van der Waals surface area contributed by atoms with E-state index >= 15 is 0 Å². The van der Waals surface area contributed by atoms with E-state index in [1.165, 1.54) is 5.56 Å². The Bertz CT molecular complexity index is 1290. The molecule has 9 heteroatoms. The molecule has 0 unspecified atom stereocenters. The molecular formula is C23H24ClN7O. The SMILES string of the molecule is CCNC(=O)N1CCN(c2nc3cc(Cl)ccc3c3nnc(-c4ccc(C)cc4)n23)CC1. The van der Waals surface area contributed by atoms with Crippen LogP contribution in [-0.2, 0) is 0 Å². The molecule has 1 saturated heterocycles. The minimum Gasteiger partial charge on any atom is -0.338 e. The zero-order chi connectivity index (χ0) is 22.2. The molecular weight excluding hydrogens is 426 g/mol. The Labute approximate surface area is 190 Å². The van der Waals surface area contributed by atoms with Crippen molar-refractivity contribution in [2.45, 2.75) is 13.8 Å². The van der Waals surface area contributed by atoms with Gasteiger partial charge in [-0.15, -0.1) is 10.2 Å². The maximum absolute atomic E-state index is 12.2. The maximum atomic E-state index is 12.2. The minimum atomic E-state index is -0.0276. The second-order valence-electron chi connectivity index (χ2n) is 7.93. The zero-order valence-electron chi connectivity index (χ0n) is 18.0. The molecule has 0 bridgehead atoms. The number of nitrogens with zero attached hydrogens (tertiary/aromatic N) is 6. The molecule has 2 aromatic heterocycles. The molecule has 0 saturated carbocycles. The first-order valence-corrected chi connectivity index (χ1v) is 11.1. The quantitative estimate of drug-likeness (QED) is 0.515. The number of piperazine rings is 1. The van der Waals surface area contributed by atoms with Crippen LogP contribution in [0.1, 0.15) is 12.5 Å². The third kappa shape index (κ3) is 3.60. The first-order valence-electron chi connectivity index (χ1n) is 10.7. The summed E-state index contributed by atoms with van der Waals surface area (Å²) in [5.41, 5.74) is 3.67. The summed E-state index contributed by atoms with van der Waals surface area (Å²) < 4.78 is 2.02. The second-order valence-corrected chi connectivity index (χ2v) is 8.37. The molecule has 1 aliphatic heterocycles. The molecule has 32 heavy (non-hydrogen) atoms. The van der Waals surface area contributed by atoms with E-state index in [1.807, 2.05) is 34.4 Å². The number of carbonyl (C=O) groups is 1. The minimum absolute atomic E-state index is 0.0276. The van der Waals surface area contributed by atoms with Crippen molar-refractivity contribution in [1.29, 1.82) is 0 Å². The summed E-state index contributed by atoms with van der Waals surface area (Å²) in [6.45, 7) is 7.16. The van der Waals surface area contributed by atoms with Crippen molar-refractivity contribution >= 4 is 40.1 Å². The third-order valence-electron chi connectivity index (χ3n) is 5.77. The lowest BCUT2D eigenvalue weighted by Gasteiger charge is -2.35. The van der Waals surface area contributed by atoms with Gasteiger partial charge in [-0.25, -0.2) is 14.2 Å². The van der Waals surface area contributed by atoms with Gasteiger partial charge in [-0.1, -0.05) is 41.4 Å². The summed E-state index contributed by atoms with van der Waals surface area (Å²) in [5, 5.41) is 13.4. The molecule has 0 radical (unpaired) electrons. The summed E-state index contributed by atoms with van der Waals surface area (Å²) >= 11 is 6.26. The highest BCUT2D eigenvalue weighted by Crippen LogP contribution is 2.30.